The van der Waals surface area contributed by atoms with E-state index in [1.807, 2.05) is 28.0 Å². The molecule has 23 heavy (non-hydrogen) atoms. The number of carbonyl (C=O) groups excluding carboxylic acids is 2. The molecule has 2 amide bonds. The minimum absolute atomic E-state index is 0.114. The lowest BCUT2D eigenvalue weighted by atomic mass is 10.1. The van der Waals surface area contributed by atoms with Crippen LogP contribution in [0.3, 0.4) is 0 Å². The number of likely N-dealkylation sites (tertiary alicyclic amines) is 1. The van der Waals surface area contributed by atoms with Crippen molar-refractivity contribution in [2.75, 3.05) is 18.0 Å². The Bertz CT molecular complexity index is 611. The highest BCUT2D eigenvalue weighted by molar-refractivity contribution is 6.01. The van der Waals surface area contributed by atoms with Crippen molar-refractivity contribution in [2.24, 2.45) is 11.8 Å². The van der Waals surface area contributed by atoms with E-state index in [4.69, 9.17) is 0 Å². The van der Waals surface area contributed by atoms with Crippen molar-refractivity contribution >= 4 is 17.5 Å². The molecule has 0 N–H and O–H groups in total. The maximum Gasteiger partial charge on any atom is 0.232 e. The van der Waals surface area contributed by atoms with Gasteiger partial charge in [0.05, 0.1) is 5.92 Å². The maximum absolute atomic E-state index is 13.0. The molecule has 2 aliphatic rings. The van der Waals surface area contributed by atoms with E-state index >= 15 is 0 Å². The molecule has 2 heterocycles. The molecular formula is C19H26N2O2. The highest BCUT2D eigenvalue weighted by atomic mass is 16.2. The van der Waals surface area contributed by atoms with Gasteiger partial charge < -0.3 is 9.80 Å². The van der Waals surface area contributed by atoms with Crippen LogP contribution in [0.15, 0.2) is 24.3 Å². The van der Waals surface area contributed by atoms with Crippen molar-refractivity contribution in [3.8, 4) is 0 Å². The van der Waals surface area contributed by atoms with Crippen molar-refractivity contribution in [1.29, 1.82) is 0 Å². The second-order valence-electron chi connectivity index (χ2n) is 7.31. The molecule has 1 saturated heterocycles. The number of nitrogens with zero attached hydrogens (tertiary/aromatic N) is 2. The lowest BCUT2D eigenvalue weighted by Crippen LogP contribution is -2.41. The Balaban J connectivity index is 1.71. The van der Waals surface area contributed by atoms with Crippen LogP contribution in [-0.4, -0.2) is 35.8 Å². The second-order valence-corrected chi connectivity index (χ2v) is 7.31. The summed E-state index contributed by atoms with van der Waals surface area (Å²) < 4.78 is 0. The Morgan fingerprint density at radius 2 is 2.00 bits per heavy atom. The van der Waals surface area contributed by atoms with Crippen LogP contribution in [-0.2, 0) is 16.0 Å². The molecule has 0 bridgehead atoms. The van der Waals surface area contributed by atoms with E-state index < -0.39 is 0 Å². The number of hydrogen-bond acceptors (Lipinski definition) is 2. The third-order valence-corrected chi connectivity index (χ3v) is 4.98. The molecule has 4 heteroatoms. The van der Waals surface area contributed by atoms with Crippen molar-refractivity contribution < 1.29 is 9.59 Å². The molecule has 1 aromatic rings. The summed E-state index contributed by atoms with van der Waals surface area (Å²) in [7, 11) is 0. The van der Waals surface area contributed by atoms with Gasteiger partial charge >= 0.3 is 0 Å². The molecule has 0 aromatic heterocycles. The third kappa shape index (κ3) is 3.12. The first kappa shape index (κ1) is 16.0. The predicted octanol–water partition coefficient (Wildman–Crippen LogP) is 2.86. The maximum atomic E-state index is 13.0. The van der Waals surface area contributed by atoms with E-state index in [1.54, 1.807) is 0 Å². The number of para-hydroxylation sites is 1. The van der Waals surface area contributed by atoms with Gasteiger partial charge in [0.1, 0.15) is 0 Å². The van der Waals surface area contributed by atoms with Crippen molar-refractivity contribution in [3.63, 3.8) is 0 Å². The van der Waals surface area contributed by atoms with Crippen molar-refractivity contribution in [1.82, 2.24) is 4.90 Å². The first-order valence-corrected chi connectivity index (χ1v) is 8.66. The zero-order chi connectivity index (χ0) is 16.6. The number of fused-ring (bicyclic) bond motifs is 1. The number of rotatable bonds is 4. The molecule has 1 fully saturated rings. The van der Waals surface area contributed by atoms with Crippen LogP contribution in [0.2, 0.25) is 0 Å². The normalized spacial score (nSPS) is 23.7. The Hall–Kier alpha value is -1.84. The largest absolute Gasteiger partial charge is 0.342 e. The van der Waals surface area contributed by atoms with Crippen LogP contribution >= 0.6 is 0 Å². The molecule has 2 atom stereocenters. The highest BCUT2D eigenvalue weighted by Gasteiger charge is 2.40. The summed E-state index contributed by atoms with van der Waals surface area (Å²) in [6.07, 6.45) is 2.26. The molecule has 2 aliphatic heterocycles. The quantitative estimate of drug-likeness (QED) is 0.857. The van der Waals surface area contributed by atoms with E-state index in [9.17, 15) is 9.59 Å². The molecule has 0 radical (unpaired) electrons. The number of carbonyl (C=O) groups is 2. The van der Waals surface area contributed by atoms with Gasteiger partial charge in [0.25, 0.3) is 0 Å². The van der Waals surface area contributed by atoms with E-state index in [2.05, 4.69) is 26.8 Å². The van der Waals surface area contributed by atoms with Crippen LogP contribution in [0.1, 0.15) is 39.2 Å². The SMILES string of the molecule is CC(C)CCN1CC(C(=O)N2c3ccccc3CC2C)CC1=O. The van der Waals surface area contributed by atoms with Gasteiger partial charge in [-0.1, -0.05) is 32.0 Å². The van der Waals surface area contributed by atoms with Gasteiger partial charge in [-0.15, -0.1) is 0 Å². The predicted molar refractivity (Wildman–Crippen MR) is 91.2 cm³/mol. The molecule has 2 unspecified atom stereocenters. The Morgan fingerprint density at radius 3 is 2.74 bits per heavy atom. The van der Waals surface area contributed by atoms with Gasteiger partial charge in [0.2, 0.25) is 11.8 Å². The average Bonchev–Trinajstić information content (AvgIpc) is 3.03. The van der Waals surface area contributed by atoms with E-state index in [1.165, 1.54) is 5.56 Å². The zero-order valence-electron chi connectivity index (χ0n) is 14.3. The summed E-state index contributed by atoms with van der Waals surface area (Å²) >= 11 is 0. The van der Waals surface area contributed by atoms with Crippen molar-refractivity contribution in [2.45, 2.75) is 46.1 Å². The fraction of sp³-hybridized carbons (Fsp3) is 0.579. The van der Waals surface area contributed by atoms with Crippen LogP contribution in [0.4, 0.5) is 5.69 Å². The highest BCUT2D eigenvalue weighted by Crippen LogP contribution is 2.34. The van der Waals surface area contributed by atoms with Crippen LogP contribution in [0.5, 0.6) is 0 Å². The van der Waals surface area contributed by atoms with Gasteiger partial charge in [0, 0.05) is 31.2 Å². The van der Waals surface area contributed by atoms with E-state index in [0.29, 0.717) is 18.9 Å². The van der Waals surface area contributed by atoms with Crippen LogP contribution in [0, 0.1) is 11.8 Å². The van der Waals surface area contributed by atoms with Gasteiger partial charge in [0.15, 0.2) is 0 Å². The summed E-state index contributed by atoms with van der Waals surface area (Å²) in [5.74, 6) is 0.623. The Morgan fingerprint density at radius 1 is 1.26 bits per heavy atom. The third-order valence-electron chi connectivity index (χ3n) is 4.98. The van der Waals surface area contributed by atoms with Crippen LogP contribution in [0.25, 0.3) is 0 Å². The van der Waals surface area contributed by atoms with Gasteiger partial charge in [-0.2, -0.15) is 0 Å². The molecular weight excluding hydrogens is 288 g/mol. The minimum Gasteiger partial charge on any atom is -0.342 e. The molecule has 0 spiro atoms. The van der Waals surface area contributed by atoms with E-state index in [0.717, 1.165) is 25.1 Å². The molecule has 1 aromatic carbocycles. The number of anilines is 1. The lowest BCUT2D eigenvalue weighted by Gasteiger charge is -2.26. The summed E-state index contributed by atoms with van der Waals surface area (Å²) in [6.45, 7) is 7.76. The molecule has 4 nitrogen and oxygen atoms in total. The number of benzene rings is 1. The van der Waals surface area contributed by atoms with Gasteiger partial charge in [-0.3, -0.25) is 9.59 Å². The van der Waals surface area contributed by atoms with Gasteiger partial charge in [-0.05, 0) is 37.3 Å². The first-order chi connectivity index (χ1) is 11.0. The second kappa shape index (κ2) is 6.34. The first-order valence-electron chi connectivity index (χ1n) is 8.66. The molecule has 0 saturated carbocycles. The summed E-state index contributed by atoms with van der Waals surface area (Å²) in [4.78, 5) is 29.0. The standard InChI is InChI=1S/C19H26N2O2/c1-13(2)8-9-20-12-16(11-18(20)22)19(23)21-14(3)10-15-6-4-5-7-17(15)21/h4-7,13-14,16H,8-12H2,1-3H3. The molecule has 3 rings (SSSR count). The summed E-state index contributed by atoms with van der Waals surface area (Å²) in [5.41, 5.74) is 2.26. The number of amides is 2. The summed E-state index contributed by atoms with van der Waals surface area (Å²) in [6, 6.07) is 8.29. The summed E-state index contributed by atoms with van der Waals surface area (Å²) in [5, 5.41) is 0. The smallest absolute Gasteiger partial charge is 0.232 e. The number of hydrogen-bond donors (Lipinski definition) is 0. The average molecular weight is 314 g/mol. The van der Waals surface area contributed by atoms with Crippen LogP contribution < -0.4 is 4.90 Å². The molecule has 0 aliphatic carbocycles. The minimum atomic E-state index is -0.191. The van der Waals surface area contributed by atoms with Gasteiger partial charge in [-0.25, -0.2) is 0 Å². The topological polar surface area (TPSA) is 40.6 Å². The molecule has 124 valence electrons. The Labute approximate surface area is 138 Å². The fourth-order valence-electron chi connectivity index (χ4n) is 3.67. The fourth-order valence-corrected chi connectivity index (χ4v) is 3.67. The van der Waals surface area contributed by atoms with E-state index in [-0.39, 0.29) is 23.8 Å². The monoisotopic (exact) mass is 314 g/mol. The lowest BCUT2D eigenvalue weighted by molar-refractivity contribution is -0.128. The Kier molecular flexibility index (Phi) is 4.42. The van der Waals surface area contributed by atoms with Crippen molar-refractivity contribution in [3.05, 3.63) is 29.8 Å². The zero-order valence-corrected chi connectivity index (χ0v) is 14.3.